The Kier molecular flexibility index (Phi) is 3.51. The Hall–Kier alpha value is -1.79. The number of benzene rings is 1. The van der Waals surface area contributed by atoms with E-state index in [9.17, 15) is 4.39 Å². The Morgan fingerprint density at radius 2 is 2.08 bits per heavy atom. The summed E-state index contributed by atoms with van der Waals surface area (Å²) >= 11 is 6.49. The SMILES string of the molecule is C=C1N=C2c3c(c(F)c(C)c(Cl)c3N1C)OCC1CN(C)CCN21. The molecule has 1 unspecified atom stereocenters. The third-order valence-corrected chi connectivity index (χ3v) is 5.55. The molecule has 0 radical (unpaired) electrons. The molecular formula is C17H20ClFN4O. The number of likely N-dealkylation sites (N-methyl/N-ethyl adjacent to an activating group) is 1. The second-order valence-corrected chi connectivity index (χ2v) is 7.01. The number of anilines is 1. The summed E-state index contributed by atoms with van der Waals surface area (Å²) in [4.78, 5) is 10.9. The lowest BCUT2D eigenvalue weighted by atomic mass is 10.0. The predicted octanol–water partition coefficient (Wildman–Crippen LogP) is 2.46. The second kappa shape index (κ2) is 5.36. The number of halogens is 2. The topological polar surface area (TPSA) is 31.3 Å². The summed E-state index contributed by atoms with van der Waals surface area (Å²) in [6.07, 6.45) is 0. The number of amidine groups is 1. The van der Waals surface area contributed by atoms with Gasteiger partial charge in [0.25, 0.3) is 0 Å². The molecule has 0 bridgehead atoms. The van der Waals surface area contributed by atoms with Gasteiger partial charge < -0.3 is 19.4 Å². The summed E-state index contributed by atoms with van der Waals surface area (Å²) in [6.45, 7) is 8.70. The van der Waals surface area contributed by atoms with Crippen molar-refractivity contribution in [2.24, 2.45) is 4.99 Å². The molecule has 1 aromatic rings. The quantitative estimate of drug-likeness (QED) is 0.719. The van der Waals surface area contributed by atoms with Gasteiger partial charge in [0.05, 0.1) is 22.3 Å². The van der Waals surface area contributed by atoms with E-state index in [1.165, 1.54) is 0 Å². The molecule has 1 fully saturated rings. The third kappa shape index (κ3) is 2.06. The second-order valence-electron chi connectivity index (χ2n) is 6.64. The van der Waals surface area contributed by atoms with Crippen molar-refractivity contribution in [3.05, 3.63) is 34.4 Å². The van der Waals surface area contributed by atoms with E-state index in [1.807, 2.05) is 7.05 Å². The van der Waals surface area contributed by atoms with Gasteiger partial charge in [0.15, 0.2) is 11.6 Å². The molecule has 0 saturated carbocycles. The number of fused-ring (bicyclic) bond motifs is 2. The van der Waals surface area contributed by atoms with Gasteiger partial charge in [0.1, 0.15) is 18.3 Å². The van der Waals surface area contributed by atoms with Gasteiger partial charge in [-0.15, -0.1) is 0 Å². The molecule has 0 N–H and O–H groups in total. The largest absolute Gasteiger partial charge is 0.487 e. The van der Waals surface area contributed by atoms with Crippen LogP contribution in [-0.2, 0) is 0 Å². The zero-order valence-corrected chi connectivity index (χ0v) is 14.8. The zero-order chi connectivity index (χ0) is 17.2. The Bertz CT molecular complexity index is 779. The molecule has 1 aromatic carbocycles. The van der Waals surface area contributed by atoms with E-state index in [4.69, 9.17) is 16.3 Å². The van der Waals surface area contributed by atoms with Gasteiger partial charge in [-0.2, -0.15) is 0 Å². The minimum absolute atomic E-state index is 0.123. The molecule has 0 amide bonds. The number of hydrogen-bond acceptors (Lipinski definition) is 5. The zero-order valence-electron chi connectivity index (χ0n) is 14.1. The molecule has 128 valence electrons. The lowest BCUT2D eigenvalue weighted by molar-refractivity contribution is 0.112. The van der Waals surface area contributed by atoms with E-state index in [2.05, 4.69) is 28.4 Å². The van der Waals surface area contributed by atoms with Gasteiger partial charge in [-0.1, -0.05) is 18.2 Å². The maximum Gasteiger partial charge on any atom is 0.170 e. The van der Waals surface area contributed by atoms with Crippen LogP contribution in [0, 0.1) is 12.7 Å². The molecule has 5 nitrogen and oxygen atoms in total. The van der Waals surface area contributed by atoms with E-state index in [1.54, 1.807) is 11.8 Å². The summed E-state index contributed by atoms with van der Waals surface area (Å²) in [5, 5.41) is 0.387. The highest BCUT2D eigenvalue weighted by Crippen LogP contribution is 2.46. The highest BCUT2D eigenvalue weighted by atomic mass is 35.5. The normalized spacial score (nSPS) is 23.3. The van der Waals surface area contributed by atoms with Gasteiger partial charge in [-0.25, -0.2) is 9.38 Å². The molecule has 4 rings (SSSR count). The lowest BCUT2D eigenvalue weighted by Gasteiger charge is -2.41. The van der Waals surface area contributed by atoms with Crippen molar-refractivity contribution in [1.29, 1.82) is 0 Å². The smallest absolute Gasteiger partial charge is 0.170 e. The number of aliphatic imine (C=N–C) groups is 1. The molecule has 0 aliphatic carbocycles. The van der Waals surface area contributed by atoms with Crippen molar-refractivity contribution in [1.82, 2.24) is 9.80 Å². The van der Waals surface area contributed by atoms with Crippen molar-refractivity contribution in [3.8, 4) is 5.75 Å². The van der Waals surface area contributed by atoms with E-state index in [0.29, 0.717) is 28.6 Å². The number of hydrogen-bond donors (Lipinski definition) is 0. The fraction of sp³-hybridized carbons (Fsp3) is 0.471. The first-order valence-corrected chi connectivity index (χ1v) is 8.39. The molecule has 1 saturated heterocycles. The van der Waals surface area contributed by atoms with Gasteiger partial charge >= 0.3 is 0 Å². The minimum Gasteiger partial charge on any atom is -0.487 e. The first-order chi connectivity index (χ1) is 11.4. The van der Waals surface area contributed by atoms with Gasteiger partial charge in [-0.05, 0) is 14.0 Å². The van der Waals surface area contributed by atoms with Crippen LogP contribution in [0.25, 0.3) is 0 Å². The lowest BCUT2D eigenvalue weighted by Crippen LogP contribution is -2.56. The Morgan fingerprint density at radius 3 is 2.83 bits per heavy atom. The van der Waals surface area contributed by atoms with E-state index in [-0.39, 0.29) is 11.8 Å². The van der Waals surface area contributed by atoms with Crippen molar-refractivity contribution in [2.75, 3.05) is 45.2 Å². The molecular weight excluding hydrogens is 331 g/mol. The molecule has 3 heterocycles. The van der Waals surface area contributed by atoms with Crippen LogP contribution in [0.3, 0.4) is 0 Å². The summed E-state index contributed by atoms with van der Waals surface area (Å²) in [6, 6.07) is 0.123. The van der Waals surface area contributed by atoms with E-state index < -0.39 is 5.82 Å². The first-order valence-electron chi connectivity index (χ1n) is 8.01. The van der Waals surface area contributed by atoms with Crippen molar-refractivity contribution in [2.45, 2.75) is 13.0 Å². The molecule has 3 aliphatic heterocycles. The average Bonchev–Trinajstić information content (AvgIpc) is 2.70. The fourth-order valence-electron chi connectivity index (χ4n) is 3.63. The van der Waals surface area contributed by atoms with Crippen LogP contribution in [0.15, 0.2) is 17.4 Å². The van der Waals surface area contributed by atoms with Crippen LogP contribution in [0.1, 0.15) is 11.1 Å². The van der Waals surface area contributed by atoms with Crippen molar-refractivity contribution >= 4 is 23.1 Å². The Morgan fingerprint density at radius 1 is 1.33 bits per heavy atom. The summed E-state index contributed by atoms with van der Waals surface area (Å²) < 4.78 is 20.8. The Labute approximate surface area is 145 Å². The maximum atomic E-state index is 14.9. The minimum atomic E-state index is -0.402. The van der Waals surface area contributed by atoms with Gasteiger partial charge in [-0.3, -0.25) is 0 Å². The average molecular weight is 351 g/mol. The van der Waals surface area contributed by atoms with E-state index in [0.717, 1.165) is 31.2 Å². The molecule has 0 spiro atoms. The Balaban J connectivity index is 1.98. The highest BCUT2D eigenvalue weighted by Gasteiger charge is 2.40. The molecule has 0 aromatic heterocycles. The first kappa shape index (κ1) is 15.7. The summed E-state index contributed by atoms with van der Waals surface area (Å²) in [7, 11) is 3.92. The van der Waals surface area contributed by atoms with Crippen molar-refractivity contribution in [3.63, 3.8) is 0 Å². The number of ether oxygens (including phenoxy) is 1. The number of nitrogens with zero attached hydrogens (tertiary/aromatic N) is 4. The third-order valence-electron chi connectivity index (χ3n) is 5.09. The molecule has 7 heteroatoms. The summed E-state index contributed by atoms with van der Waals surface area (Å²) in [5.74, 6) is 1.16. The van der Waals surface area contributed by atoms with Crippen LogP contribution in [0.2, 0.25) is 5.02 Å². The number of rotatable bonds is 0. The standard InChI is InChI=1S/C17H20ClFN4O/c1-9-13(18)15-12-16(14(9)19)24-8-11-7-21(3)5-6-23(11)17(12)20-10(2)22(15)4/h11H,2,5-8H2,1,3-4H3. The maximum absolute atomic E-state index is 14.9. The molecule has 3 aliphatic rings. The van der Waals surface area contributed by atoms with Crippen molar-refractivity contribution < 1.29 is 9.13 Å². The fourth-order valence-corrected chi connectivity index (χ4v) is 3.94. The number of piperazine rings is 1. The summed E-state index contributed by atoms with van der Waals surface area (Å²) in [5.41, 5.74) is 1.76. The van der Waals surface area contributed by atoms with Crippen LogP contribution in [0.4, 0.5) is 10.1 Å². The molecule has 24 heavy (non-hydrogen) atoms. The predicted molar refractivity (Wildman–Crippen MR) is 93.7 cm³/mol. The van der Waals surface area contributed by atoms with Gasteiger partial charge in [0.2, 0.25) is 0 Å². The van der Waals surface area contributed by atoms with Crippen LogP contribution < -0.4 is 9.64 Å². The monoisotopic (exact) mass is 350 g/mol. The van der Waals surface area contributed by atoms with Gasteiger partial charge in [0, 0.05) is 32.2 Å². The van der Waals surface area contributed by atoms with Crippen LogP contribution >= 0.6 is 11.6 Å². The van der Waals surface area contributed by atoms with Crippen LogP contribution in [-0.4, -0.2) is 62.0 Å². The molecule has 1 atom stereocenters. The van der Waals surface area contributed by atoms with Crippen LogP contribution in [0.5, 0.6) is 5.75 Å². The highest BCUT2D eigenvalue weighted by molar-refractivity contribution is 6.35. The van der Waals surface area contributed by atoms with E-state index >= 15 is 0 Å².